The molecule has 0 spiro atoms. The third-order valence-electron chi connectivity index (χ3n) is 3.75. The van der Waals surface area contributed by atoms with Crippen LogP contribution < -0.4 is 4.74 Å². The molecule has 0 N–H and O–H groups in total. The molecule has 1 aromatic rings. The van der Waals surface area contributed by atoms with Gasteiger partial charge in [0.2, 0.25) is 0 Å². The van der Waals surface area contributed by atoms with Gasteiger partial charge < -0.3 is 9.64 Å². The maximum Gasteiger partial charge on any atom is 0.185 e. The highest BCUT2D eigenvalue weighted by Gasteiger charge is 2.17. The lowest BCUT2D eigenvalue weighted by Crippen LogP contribution is -2.44. The predicted molar refractivity (Wildman–Crippen MR) is 80.3 cm³/mol. The maximum absolute atomic E-state index is 11.9. The number of allylic oxidation sites excluding steroid dienone is 1. The standard InChI is InChI=1S/C16H22N2O2/c1-4-16(19)15-6-5-14(20-3)11-13(15)12-18-9-7-17(2)8-10-18/h4-6,11H,1,7-10,12H2,2-3H3. The van der Waals surface area contributed by atoms with Gasteiger partial charge in [-0.15, -0.1) is 0 Å². The van der Waals surface area contributed by atoms with E-state index in [9.17, 15) is 4.79 Å². The lowest BCUT2D eigenvalue weighted by molar-refractivity contribution is 0.104. The minimum absolute atomic E-state index is 0.0308. The Hall–Kier alpha value is -1.65. The Morgan fingerprint density at radius 3 is 2.65 bits per heavy atom. The number of hydrogen-bond donors (Lipinski definition) is 0. The first-order valence-electron chi connectivity index (χ1n) is 6.88. The summed E-state index contributed by atoms with van der Waals surface area (Å²) in [5, 5.41) is 0. The maximum atomic E-state index is 11.9. The van der Waals surface area contributed by atoms with Crippen molar-refractivity contribution >= 4 is 5.78 Å². The van der Waals surface area contributed by atoms with Gasteiger partial charge in [0.1, 0.15) is 5.75 Å². The zero-order chi connectivity index (χ0) is 14.5. The van der Waals surface area contributed by atoms with Crippen molar-refractivity contribution in [2.75, 3.05) is 40.3 Å². The summed E-state index contributed by atoms with van der Waals surface area (Å²) in [6.07, 6.45) is 1.37. The number of carbonyl (C=O) groups is 1. The molecule has 0 amide bonds. The normalized spacial score (nSPS) is 16.9. The smallest absolute Gasteiger partial charge is 0.185 e. The molecule has 108 valence electrons. The van der Waals surface area contributed by atoms with E-state index in [4.69, 9.17) is 4.74 Å². The van der Waals surface area contributed by atoms with E-state index in [-0.39, 0.29) is 5.78 Å². The van der Waals surface area contributed by atoms with Crippen molar-refractivity contribution in [2.45, 2.75) is 6.54 Å². The van der Waals surface area contributed by atoms with Gasteiger partial charge in [0.25, 0.3) is 0 Å². The molecular formula is C16H22N2O2. The zero-order valence-electron chi connectivity index (χ0n) is 12.3. The molecule has 0 bridgehead atoms. The summed E-state index contributed by atoms with van der Waals surface area (Å²) in [7, 11) is 3.78. The summed E-state index contributed by atoms with van der Waals surface area (Å²) >= 11 is 0. The van der Waals surface area contributed by atoms with Crippen molar-refractivity contribution < 1.29 is 9.53 Å². The number of benzene rings is 1. The van der Waals surface area contributed by atoms with E-state index in [1.54, 1.807) is 7.11 Å². The SMILES string of the molecule is C=CC(=O)c1ccc(OC)cc1CN1CCN(C)CC1. The number of ether oxygens (including phenoxy) is 1. The van der Waals surface area contributed by atoms with E-state index in [0.717, 1.165) is 49.6 Å². The number of hydrogen-bond acceptors (Lipinski definition) is 4. The fraction of sp³-hybridized carbons (Fsp3) is 0.438. The molecule has 0 aliphatic carbocycles. The van der Waals surface area contributed by atoms with E-state index in [2.05, 4.69) is 23.4 Å². The van der Waals surface area contributed by atoms with Crippen LogP contribution in [0.5, 0.6) is 5.75 Å². The quantitative estimate of drug-likeness (QED) is 0.605. The van der Waals surface area contributed by atoms with Gasteiger partial charge in [-0.3, -0.25) is 9.69 Å². The number of piperazine rings is 1. The van der Waals surface area contributed by atoms with E-state index >= 15 is 0 Å². The molecule has 4 nitrogen and oxygen atoms in total. The summed E-state index contributed by atoms with van der Waals surface area (Å²) in [6, 6.07) is 5.60. The van der Waals surface area contributed by atoms with Crippen LogP contribution in [0.2, 0.25) is 0 Å². The van der Waals surface area contributed by atoms with E-state index in [1.165, 1.54) is 6.08 Å². The number of carbonyl (C=O) groups excluding carboxylic acids is 1. The molecule has 2 rings (SSSR count). The zero-order valence-corrected chi connectivity index (χ0v) is 12.3. The molecule has 20 heavy (non-hydrogen) atoms. The molecule has 1 aliphatic rings. The highest BCUT2D eigenvalue weighted by Crippen LogP contribution is 2.20. The van der Waals surface area contributed by atoms with Gasteiger partial charge in [-0.1, -0.05) is 6.58 Å². The second-order valence-corrected chi connectivity index (χ2v) is 5.17. The molecule has 1 heterocycles. The molecule has 1 saturated heterocycles. The lowest BCUT2D eigenvalue weighted by Gasteiger charge is -2.32. The molecule has 1 aromatic carbocycles. The van der Waals surface area contributed by atoms with Crippen LogP contribution in [-0.4, -0.2) is 55.9 Å². The number of nitrogens with zero attached hydrogens (tertiary/aromatic N) is 2. The molecular weight excluding hydrogens is 252 g/mol. The van der Waals surface area contributed by atoms with Crippen LogP contribution in [0.3, 0.4) is 0 Å². The number of ketones is 1. The highest BCUT2D eigenvalue weighted by atomic mass is 16.5. The Balaban J connectivity index is 2.19. The van der Waals surface area contributed by atoms with Crippen molar-refractivity contribution in [1.29, 1.82) is 0 Å². The van der Waals surface area contributed by atoms with E-state index in [1.807, 2.05) is 18.2 Å². The fourth-order valence-electron chi connectivity index (χ4n) is 2.43. The first-order chi connectivity index (χ1) is 9.63. The molecule has 0 aromatic heterocycles. The Kier molecular flexibility index (Phi) is 4.93. The van der Waals surface area contributed by atoms with Gasteiger partial charge in [-0.25, -0.2) is 0 Å². The van der Waals surface area contributed by atoms with Crippen molar-refractivity contribution in [3.63, 3.8) is 0 Å². The van der Waals surface area contributed by atoms with Crippen LogP contribution in [0, 0.1) is 0 Å². The van der Waals surface area contributed by atoms with Crippen LogP contribution in [0.15, 0.2) is 30.9 Å². The van der Waals surface area contributed by atoms with Crippen molar-refractivity contribution in [3.05, 3.63) is 42.0 Å². The van der Waals surface area contributed by atoms with Gasteiger partial charge in [0.05, 0.1) is 7.11 Å². The van der Waals surface area contributed by atoms with Crippen molar-refractivity contribution in [3.8, 4) is 5.75 Å². The largest absolute Gasteiger partial charge is 0.497 e. The van der Waals surface area contributed by atoms with Gasteiger partial charge >= 0.3 is 0 Å². The summed E-state index contributed by atoms with van der Waals surface area (Å²) < 4.78 is 5.27. The number of likely N-dealkylation sites (N-methyl/N-ethyl adjacent to an activating group) is 1. The first-order valence-corrected chi connectivity index (χ1v) is 6.88. The number of methoxy groups -OCH3 is 1. The molecule has 1 aliphatic heterocycles. The fourth-order valence-corrected chi connectivity index (χ4v) is 2.43. The Morgan fingerprint density at radius 2 is 2.05 bits per heavy atom. The number of rotatable bonds is 5. The second-order valence-electron chi connectivity index (χ2n) is 5.17. The van der Waals surface area contributed by atoms with Gasteiger partial charge in [-0.05, 0) is 36.9 Å². The van der Waals surface area contributed by atoms with Gasteiger partial charge in [0, 0.05) is 38.3 Å². The summed E-state index contributed by atoms with van der Waals surface area (Å²) in [5.41, 5.74) is 1.73. The van der Waals surface area contributed by atoms with Gasteiger partial charge in [0.15, 0.2) is 5.78 Å². The average molecular weight is 274 g/mol. The third kappa shape index (κ3) is 3.46. The Labute approximate surface area is 120 Å². The lowest BCUT2D eigenvalue weighted by atomic mass is 10.0. The third-order valence-corrected chi connectivity index (χ3v) is 3.75. The molecule has 0 saturated carbocycles. The molecule has 0 atom stereocenters. The van der Waals surface area contributed by atoms with Crippen LogP contribution >= 0.6 is 0 Å². The molecule has 4 heteroatoms. The van der Waals surface area contributed by atoms with Crippen LogP contribution in [0.25, 0.3) is 0 Å². The van der Waals surface area contributed by atoms with Crippen LogP contribution in [-0.2, 0) is 6.54 Å². The Bertz CT molecular complexity index is 491. The summed E-state index contributed by atoms with van der Waals surface area (Å²) in [6.45, 7) is 8.53. The average Bonchev–Trinajstić information content (AvgIpc) is 2.48. The summed E-state index contributed by atoms with van der Waals surface area (Å²) in [5.74, 6) is 0.756. The topological polar surface area (TPSA) is 32.8 Å². The molecule has 0 unspecified atom stereocenters. The van der Waals surface area contributed by atoms with Crippen LogP contribution in [0.4, 0.5) is 0 Å². The van der Waals surface area contributed by atoms with Crippen LogP contribution in [0.1, 0.15) is 15.9 Å². The van der Waals surface area contributed by atoms with Gasteiger partial charge in [-0.2, -0.15) is 0 Å². The summed E-state index contributed by atoms with van der Waals surface area (Å²) in [4.78, 5) is 16.6. The Morgan fingerprint density at radius 1 is 1.35 bits per heavy atom. The first kappa shape index (κ1) is 14.8. The van der Waals surface area contributed by atoms with E-state index < -0.39 is 0 Å². The van der Waals surface area contributed by atoms with Crippen molar-refractivity contribution in [1.82, 2.24) is 9.80 Å². The van der Waals surface area contributed by atoms with Crippen molar-refractivity contribution in [2.24, 2.45) is 0 Å². The predicted octanol–water partition coefficient (Wildman–Crippen LogP) is 1.81. The van der Waals surface area contributed by atoms with E-state index in [0.29, 0.717) is 0 Å². The second kappa shape index (κ2) is 6.68. The minimum Gasteiger partial charge on any atom is -0.497 e. The minimum atomic E-state index is -0.0308. The molecule has 1 fully saturated rings. The monoisotopic (exact) mass is 274 g/mol. The molecule has 0 radical (unpaired) electrons. The highest BCUT2D eigenvalue weighted by molar-refractivity contribution is 6.05.